The molecule has 1 heterocycles. The lowest BCUT2D eigenvalue weighted by molar-refractivity contribution is -0.143. The normalized spacial score (nSPS) is 19.2. The topological polar surface area (TPSA) is 64.6 Å². The largest absolute Gasteiger partial charge is 0.489 e. The summed E-state index contributed by atoms with van der Waals surface area (Å²) in [5.74, 6) is -0.00798. The lowest BCUT2D eigenvalue weighted by atomic mass is 9.71. The molecule has 0 saturated carbocycles. The zero-order valence-electron chi connectivity index (χ0n) is 22.1. The molecule has 3 aromatic carbocycles. The zero-order chi connectivity index (χ0) is 26.6. The van der Waals surface area contributed by atoms with E-state index in [1.165, 1.54) is 0 Å². The van der Waals surface area contributed by atoms with E-state index in [2.05, 4.69) is 17.4 Å². The average molecular weight is 508 g/mol. The van der Waals surface area contributed by atoms with Gasteiger partial charge in [-0.05, 0) is 61.9 Å². The number of nitrogens with one attached hydrogen (secondary N) is 1. The maximum atomic E-state index is 13.7. The quantitative estimate of drug-likeness (QED) is 0.366. The molecule has 0 fully saturated rings. The molecule has 194 valence electrons. The highest BCUT2D eigenvalue weighted by Gasteiger charge is 2.41. The fraction of sp³-hybridized carbons (Fsp3) is 0.273. The molecule has 0 amide bonds. The summed E-state index contributed by atoms with van der Waals surface area (Å²) in [5.41, 5.74) is 5.87. The van der Waals surface area contributed by atoms with Gasteiger partial charge < -0.3 is 14.8 Å². The fourth-order valence-corrected chi connectivity index (χ4v) is 5.38. The molecule has 2 atom stereocenters. The summed E-state index contributed by atoms with van der Waals surface area (Å²) in [6.07, 6.45) is 0.853. The SMILES string of the molecule is CC1=C(C(=O)OC(C)C)[C@H](c2ccc(OCc3ccccc3)cc2)C2=C(C[C@@H](c3ccccc3)CC2=O)N1. The molecule has 5 nitrogen and oxygen atoms in total. The Bertz CT molecular complexity index is 1370. The van der Waals surface area contributed by atoms with Crippen molar-refractivity contribution in [2.24, 2.45) is 0 Å². The van der Waals surface area contributed by atoms with Crippen molar-refractivity contribution in [1.29, 1.82) is 0 Å². The molecule has 0 aromatic heterocycles. The van der Waals surface area contributed by atoms with Crippen molar-refractivity contribution >= 4 is 11.8 Å². The number of dihydropyridines is 1. The summed E-state index contributed by atoms with van der Waals surface area (Å²) in [5, 5.41) is 3.42. The van der Waals surface area contributed by atoms with Crippen LogP contribution in [0.5, 0.6) is 5.75 Å². The summed E-state index contributed by atoms with van der Waals surface area (Å²) in [6.45, 7) is 6.02. The van der Waals surface area contributed by atoms with E-state index in [4.69, 9.17) is 9.47 Å². The monoisotopic (exact) mass is 507 g/mol. The average Bonchev–Trinajstić information content (AvgIpc) is 2.92. The van der Waals surface area contributed by atoms with Crippen LogP contribution < -0.4 is 10.1 Å². The molecule has 1 aliphatic carbocycles. The highest BCUT2D eigenvalue weighted by atomic mass is 16.5. The first-order chi connectivity index (χ1) is 18.4. The van der Waals surface area contributed by atoms with Crippen LogP contribution in [0.2, 0.25) is 0 Å². The van der Waals surface area contributed by atoms with Gasteiger partial charge in [0.2, 0.25) is 0 Å². The molecule has 0 spiro atoms. The van der Waals surface area contributed by atoms with Crippen LogP contribution in [0.25, 0.3) is 0 Å². The van der Waals surface area contributed by atoms with E-state index < -0.39 is 11.9 Å². The van der Waals surface area contributed by atoms with Gasteiger partial charge in [0.15, 0.2) is 5.78 Å². The van der Waals surface area contributed by atoms with Gasteiger partial charge in [0, 0.05) is 29.3 Å². The van der Waals surface area contributed by atoms with Gasteiger partial charge in [0.05, 0.1) is 11.7 Å². The number of rotatable bonds is 7. The summed E-state index contributed by atoms with van der Waals surface area (Å²) < 4.78 is 11.6. The predicted molar refractivity (Wildman–Crippen MR) is 147 cm³/mol. The van der Waals surface area contributed by atoms with Gasteiger partial charge in [-0.15, -0.1) is 0 Å². The van der Waals surface area contributed by atoms with Crippen molar-refractivity contribution in [2.45, 2.75) is 58.2 Å². The Morgan fingerprint density at radius 3 is 2.21 bits per heavy atom. The lowest BCUT2D eigenvalue weighted by Crippen LogP contribution is -2.36. The second-order valence-corrected chi connectivity index (χ2v) is 10.2. The van der Waals surface area contributed by atoms with Crippen LogP contribution in [0.3, 0.4) is 0 Å². The van der Waals surface area contributed by atoms with Crippen LogP contribution in [-0.2, 0) is 20.9 Å². The highest BCUT2D eigenvalue weighted by molar-refractivity contribution is 6.04. The molecule has 1 aliphatic heterocycles. The van der Waals surface area contributed by atoms with Crippen molar-refractivity contribution in [1.82, 2.24) is 5.32 Å². The van der Waals surface area contributed by atoms with Gasteiger partial charge in [-0.2, -0.15) is 0 Å². The molecule has 3 aromatic rings. The molecular formula is C33H33NO4. The minimum Gasteiger partial charge on any atom is -0.489 e. The van der Waals surface area contributed by atoms with E-state index in [9.17, 15) is 9.59 Å². The number of Topliss-reactive ketones (excluding diaryl/α,β-unsaturated/α-hetero) is 1. The lowest BCUT2D eigenvalue weighted by Gasteiger charge is -2.37. The number of carbonyl (C=O) groups is 2. The zero-order valence-corrected chi connectivity index (χ0v) is 22.1. The summed E-state index contributed by atoms with van der Waals surface area (Å²) in [6, 6.07) is 27.9. The Hall–Kier alpha value is -4.12. The molecule has 0 unspecified atom stereocenters. The molecule has 0 radical (unpaired) electrons. The maximum absolute atomic E-state index is 13.7. The molecule has 38 heavy (non-hydrogen) atoms. The van der Waals surface area contributed by atoms with E-state index in [0.29, 0.717) is 30.6 Å². The van der Waals surface area contributed by atoms with Crippen LogP contribution in [0.4, 0.5) is 0 Å². The van der Waals surface area contributed by atoms with Crippen molar-refractivity contribution in [3.05, 3.63) is 124 Å². The standard InChI is InChI=1S/C33H33NO4/c1-21(2)38-33(36)30-22(3)34-28-18-26(24-12-8-5-9-13-24)19-29(35)32(28)31(30)25-14-16-27(17-15-25)37-20-23-10-6-4-7-11-23/h4-17,21,26,31,34H,18-20H2,1-3H3/t26-,31+/m1/s1. The van der Waals surface area contributed by atoms with Crippen molar-refractivity contribution in [3.63, 3.8) is 0 Å². The van der Waals surface area contributed by atoms with Gasteiger partial charge in [-0.1, -0.05) is 72.8 Å². The van der Waals surface area contributed by atoms with Crippen molar-refractivity contribution in [2.75, 3.05) is 0 Å². The van der Waals surface area contributed by atoms with Gasteiger partial charge in [0.25, 0.3) is 0 Å². The molecule has 0 saturated heterocycles. The van der Waals surface area contributed by atoms with E-state index in [-0.39, 0.29) is 17.8 Å². The number of hydrogen-bond donors (Lipinski definition) is 1. The van der Waals surface area contributed by atoms with E-state index in [0.717, 1.165) is 33.8 Å². The Morgan fingerprint density at radius 1 is 0.895 bits per heavy atom. The Balaban J connectivity index is 1.48. The van der Waals surface area contributed by atoms with E-state index >= 15 is 0 Å². The van der Waals surface area contributed by atoms with Crippen molar-refractivity contribution < 1.29 is 19.1 Å². The first-order valence-corrected chi connectivity index (χ1v) is 13.2. The number of ketones is 1. The molecule has 0 bridgehead atoms. The van der Waals surface area contributed by atoms with Crippen molar-refractivity contribution in [3.8, 4) is 5.75 Å². The number of esters is 1. The molecule has 5 rings (SSSR count). The van der Waals surface area contributed by atoms with E-state index in [1.807, 2.05) is 93.6 Å². The maximum Gasteiger partial charge on any atom is 0.337 e. The molecule has 5 heteroatoms. The van der Waals surface area contributed by atoms with Gasteiger partial charge in [-0.25, -0.2) is 4.79 Å². The van der Waals surface area contributed by atoms with Gasteiger partial charge in [0.1, 0.15) is 12.4 Å². The van der Waals surface area contributed by atoms with Crippen LogP contribution in [0.1, 0.15) is 62.1 Å². The number of carbonyl (C=O) groups excluding carboxylic acids is 2. The van der Waals surface area contributed by atoms with Crippen LogP contribution >= 0.6 is 0 Å². The number of ether oxygens (including phenoxy) is 2. The summed E-state index contributed by atoms with van der Waals surface area (Å²) in [7, 11) is 0. The number of allylic oxidation sites excluding steroid dienone is 3. The second kappa shape index (κ2) is 11.1. The van der Waals surface area contributed by atoms with E-state index in [1.54, 1.807) is 0 Å². The fourth-order valence-electron chi connectivity index (χ4n) is 5.38. The minimum atomic E-state index is -0.495. The van der Waals surface area contributed by atoms with Gasteiger partial charge in [-0.3, -0.25) is 4.79 Å². The smallest absolute Gasteiger partial charge is 0.337 e. The number of hydrogen-bond acceptors (Lipinski definition) is 5. The minimum absolute atomic E-state index is 0.0596. The first-order valence-electron chi connectivity index (χ1n) is 13.2. The van der Waals surface area contributed by atoms with Crippen LogP contribution in [0, 0.1) is 0 Å². The third kappa shape index (κ3) is 5.42. The second-order valence-electron chi connectivity index (χ2n) is 10.2. The van der Waals surface area contributed by atoms with Crippen LogP contribution in [-0.4, -0.2) is 17.9 Å². The number of benzene rings is 3. The predicted octanol–water partition coefficient (Wildman–Crippen LogP) is 6.58. The Morgan fingerprint density at radius 2 is 1.55 bits per heavy atom. The Labute approximate surface area is 224 Å². The first kappa shape index (κ1) is 25.5. The molecule has 1 N–H and O–H groups in total. The summed E-state index contributed by atoms with van der Waals surface area (Å²) >= 11 is 0. The molecular weight excluding hydrogens is 474 g/mol. The van der Waals surface area contributed by atoms with Gasteiger partial charge >= 0.3 is 5.97 Å². The Kier molecular flexibility index (Phi) is 7.45. The summed E-state index contributed by atoms with van der Waals surface area (Å²) in [4.78, 5) is 27.0. The third-order valence-corrected chi connectivity index (χ3v) is 7.12. The third-order valence-electron chi connectivity index (χ3n) is 7.12. The molecule has 2 aliphatic rings. The highest BCUT2D eigenvalue weighted by Crippen LogP contribution is 2.46. The van der Waals surface area contributed by atoms with Crippen LogP contribution in [0.15, 0.2) is 107 Å².